The average molecular weight is 508 g/mol. The number of cyclic esters (lactones) is 1. The molecule has 0 aliphatic carbocycles. The number of ether oxygens (including phenoxy) is 1. The van der Waals surface area contributed by atoms with Gasteiger partial charge in [0.15, 0.2) is 0 Å². The lowest BCUT2D eigenvalue weighted by Gasteiger charge is -2.36. The molecule has 186 valence electrons. The fraction of sp³-hybridized carbons (Fsp3) is 0.480. The molecular formula is C25H34ClN3O4S. The summed E-state index contributed by atoms with van der Waals surface area (Å²) in [6.07, 6.45) is 2.59. The second-order valence-corrected chi connectivity index (χ2v) is 10.9. The van der Waals surface area contributed by atoms with Crippen LogP contribution >= 0.6 is 12.4 Å². The smallest absolute Gasteiger partial charge is 0.410 e. The lowest BCUT2D eigenvalue weighted by atomic mass is 9.94. The molecule has 2 aromatic carbocycles. The van der Waals surface area contributed by atoms with Crippen molar-refractivity contribution in [2.24, 2.45) is 0 Å². The highest BCUT2D eigenvalue weighted by atomic mass is 35.5. The number of benzene rings is 2. The molecule has 0 unspecified atom stereocenters. The van der Waals surface area contributed by atoms with Crippen molar-refractivity contribution in [1.82, 2.24) is 14.1 Å². The third-order valence-corrected chi connectivity index (χ3v) is 8.62. The molecule has 1 amide bonds. The average Bonchev–Trinajstić information content (AvgIpc) is 3.28. The van der Waals surface area contributed by atoms with Crippen molar-refractivity contribution in [3.63, 3.8) is 0 Å². The van der Waals surface area contributed by atoms with Gasteiger partial charge in [-0.1, -0.05) is 48.5 Å². The van der Waals surface area contributed by atoms with Crippen LogP contribution in [-0.4, -0.2) is 81.0 Å². The van der Waals surface area contributed by atoms with Crippen molar-refractivity contribution >= 4 is 28.5 Å². The summed E-state index contributed by atoms with van der Waals surface area (Å²) in [5, 5.41) is 0. The fourth-order valence-electron chi connectivity index (χ4n) is 4.80. The second-order valence-electron chi connectivity index (χ2n) is 8.88. The fourth-order valence-corrected chi connectivity index (χ4v) is 6.04. The molecule has 7 nitrogen and oxygen atoms in total. The van der Waals surface area contributed by atoms with Gasteiger partial charge in [0.2, 0.25) is 10.0 Å². The first-order chi connectivity index (χ1) is 15.9. The number of hydrogen-bond acceptors (Lipinski definition) is 5. The summed E-state index contributed by atoms with van der Waals surface area (Å²) in [6, 6.07) is 19.0. The van der Waals surface area contributed by atoms with E-state index in [1.54, 1.807) is 31.3 Å². The Bertz CT molecular complexity index is 1010. The van der Waals surface area contributed by atoms with Crippen molar-refractivity contribution in [3.8, 4) is 0 Å². The van der Waals surface area contributed by atoms with Crippen molar-refractivity contribution in [1.29, 1.82) is 0 Å². The Balaban J connectivity index is 0.00000324. The summed E-state index contributed by atoms with van der Waals surface area (Å²) in [7, 11) is -1.87. The molecule has 0 spiro atoms. The molecule has 0 aromatic heterocycles. The highest BCUT2D eigenvalue weighted by Crippen LogP contribution is 2.26. The van der Waals surface area contributed by atoms with E-state index >= 15 is 0 Å². The minimum Gasteiger partial charge on any atom is -0.448 e. The van der Waals surface area contributed by atoms with E-state index in [0.717, 1.165) is 44.5 Å². The van der Waals surface area contributed by atoms with Crippen molar-refractivity contribution < 1.29 is 17.9 Å². The minimum atomic E-state index is -3.54. The largest absolute Gasteiger partial charge is 0.448 e. The Morgan fingerprint density at radius 2 is 1.62 bits per heavy atom. The topological polar surface area (TPSA) is 70.2 Å². The monoisotopic (exact) mass is 507 g/mol. The van der Waals surface area contributed by atoms with Gasteiger partial charge in [0, 0.05) is 32.7 Å². The highest BCUT2D eigenvalue weighted by Gasteiger charge is 2.32. The Morgan fingerprint density at radius 1 is 1.00 bits per heavy atom. The van der Waals surface area contributed by atoms with E-state index in [4.69, 9.17) is 4.74 Å². The number of amides is 1. The van der Waals surface area contributed by atoms with E-state index in [1.165, 1.54) is 4.31 Å². The maximum absolute atomic E-state index is 13.1. The maximum atomic E-state index is 13.1. The van der Waals surface area contributed by atoms with E-state index < -0.39 is 10.0 Å². The highest BCUT2D eigenvalue weighted by molar-refractivity contribution is 7.89. The molecule has 2 aliphatic rings. The number of carbonyl (C=O) groups excluding carboxylic acids is 1. The van der Waals surface area contributed by atoms with E-state index in [2.05, 4.69) is 17.0 Å². The van der Waals surface area contributed by atoms with Crippen LogP contribution < -0.4 is 0 Å². The Morgan fingerprint density at radius 3 is 2.21 bits per heavy atom. The lowest BCUT2D eigenvalue weighted by molar-refractivity contribution is 0.116. The number of piperidine rings is 1. The number of hydrogen-bond donors (Lipinski definition) is 0. The van der Waals surface area contributed by atoms with Gasteiger partial charge in [0.25, 0.3) is 0 Å². The molecule has 2 fully saturated rings. The van der Waals surface area contributed by atoms with Crippen LogP contribution in [0.1, 0.15) is 30.7 Å². The predicted molar refractivity (Wildman–Crippen MR) is 135 cm³/mol. The van der Waals surface area contributed by atoms with Crippen LogP contribution in [0.2, 0.25) is 0 Å². The molecule has 2 heterocycles. The molecule has 2 aliphatic heterocycles. The molecule has 9 heteroatoms. The molecular weight excluding hydrogens is 474 g/mol. The lowest BCUT2D eigenvalue weighted by Crippen LogP contribution is -2.45. The maximum Gasteiger partial charge on any atom is 0.410 e. The van der Waals surface area contributed by atoms with E-state index in [9.17, 15) is 13.2 Å². The van der Waals surface area contributed by atoms with Gasteiger partial charge in [0.1, 0.15) is 6.61 Å². The molecule has 1 atom stereocenters. The number of nitrogens with zero attached hydrogens (tertiary/aromatic N) is 3. The number of likely N-dealkylation sites (N-methyl/N-ethyl adjacent to an activating group) is 1. The molecule has 0 radical (unpaired) electrons. The van der Waals surface area contributed by atoms with Gasteiger partial charge < -0.3 is 14.5 Å². The molecule has 0 N–H and O–H groups in total. The summed E-state index contributed by atoms with van der Waals surface area (Å²) in [5.74, 6) is 0.0981. The normalized spacial score (nSPS) is 18.5. The van der Waals surface area contributed by atoms with Gasteiger partial charge >= 0.3 is 6.09 Å². The number of sulfonamides is 1. The van der Waals surface area contributed by atoms with Gasteiger partial charge in [0.05, 0.1) is 11.4 Å². The van der Waals surface area contributed by atoms with E-state index in [1.807, 2.05) is 29.2 Å². The van der Waals surface area contributed by atoms with Gasteiger partial charge in [-0.25, -0.2) is 17.5 Å². The molecule has 2 aromatic rings. The van der Waals surface area contributed by atoms with Gasteiger partial charge in [-0.05, 0) is 49.4 Å². The molecule has 0 saturated carbocycles. The van der Waals surface area contributed by atoms with Crippen LogP contribution in [0.5, 0.6) is 0 Å². The zero-order valence-electron chi connectivity index (χ0n) is 19.6. The Labute approximate surface area is 209 Å². The van der Waals surface area contributed by atoms with Gasteiger partial charge in [-0.2, -0.15) is 0 Å². The Hall–Kier alpha value is -2.13. The molecule has 4 rings (SSSR count). The first-order valence-corrected chi connectivity index (χ1v) is 13.1. The number of rotatable bonds is 9. The SMILES string of the molecule is CN(C[C@H](CCN1CCC(N2CCOC2=O)CC1)c1ccccc1)S(=O)(=O)c1ccccc1.Cl. The second kappa shape index (κ2) is 12.0. The molecule has 34 heavy (non-hydrogen) atoms. The summed E-state index contributed by atoms with van der Waals surface area (Å²) in [5.41, 5.74) is 1.15. The van der Waals surface area contributed by atoms with Gasteiger partial charge in [-0.15, -0.1) is 12.4 Å². The zero-order chi connectivity index (χ0) is 23.3. The summed E-state index contributed by atoms with van der Waals surface area (Å²) in [6.45, 7) is 4.40. The number of carbonyl (C=O) groups is 1. The van der Waals surface area contributed by atoms with Crippen LogP contribution in [0.25, 0.3) is 0 Å². The van der Waals surface area contributed by atoms with E-state index in [-0.39, 0.29) is 30.5 Å². The van der Waals surface area contributed by atoms with Crippen LogP contribution in [-0.2, 0) is 14.8 Å². The van der Waals surface area contributed by atoms with E-state index in [0.29, 0.717) is 24.6 Å². The van der Waals surface area contributed by atoms with Crippen molar-refractivity contribution in [2.45, 2.75) is 36.1 Å². The van der Waals surface area contributed by atoms with Crippen molar-refractivity contribution in [2.75, 3.05) is 46.4 Å². The predicted octanol–water partition coefficient (Wildman–Crippen LogP) is 3.82. The Kier molecular flexibility index (Phi) is 9.36. The van der Waals surface area contributed by atoms with Crippen LogP contribution in [0.4, 0.5) is 4.79 Å². The third-order valence-electron chi connectivity index (χ3n) is 6.78. The first-order valence-electron chi connectivity index (χ1n) is 11.7. The molecule has 0 bridgehead atoms. The number of likely N-dealkylation sites (tertiary alicyclic amines) is 1. The van der Waals surface area contributed by atoms with Crippen LogP contribution in [0.3, 0.4) is 0 Å². The molecule has 2 saturated heterocycles. The summed E-state index contributed by atoms with van der Waals surface area (Å²) < 4.78 is 32.7. The summed E-state index contributed by atoms with van der Waals surface area (Å²) >= 11 is 0. The third kappa shape index (κ3) is 6.30. The van der Waals surface area contributed by atoms with Crippen molar-refractivity contribution in [3.05, 3.63) is 66.2 Å². The van der Waals surface area contributed by atoms with Gasteiger partial charge in [-0.3, -0.25) is 0 Å². The minimum absolute atomic E-state index is 0. The van der Waals surface area contributed by atoms with Crippen LogP contribution in [0, 0.1) is 0 Å². The first kappa shape index (κ1) is 26.5. The number of halogens is 1. The zero-order valence-corrected chi connectivity index (χ0v) is 21.2. The summed E-state index contributed by atoms with van der Waals surface area (Å²) in [4.78, 5) is 16.5. The standard InChI is InChI=1S/C25H33N3O4S.ClH/c1-26(33(30,31)24-10-6-3-7-11-24)20-22(21-8-4-2-5-9-21)12-15-27-16-13-23(14-17-27)28-18-19-32-25(28)29;/h2-11,22-23H,12-20H2,1H3;1H/t22-;/m0./s1. The quantitative estimate of drug-likeness (QED) is 0.516. The van der Waals surface area contributed by atoms with Crippen LogP contribution in [0.15, 0.2) is 65.6 Å².